The lowest BCUT2D eigenvalue weighted by Crippen LogP contribution is -2.37. The molecule has 0 spiro atoms. The summed E-state index contributed by atoms with van der Waals surface area (Å²) in [7, 11) is 0. The van der Waals surface area contributed by atoms with E-state index < -0.39 is 0 Å². The molecule has 0 unspecified atom stereocenters. The molecule has 1 aliphatic carbocycles. The van der Waals surface area contributed by atoms with Crippen molar-refractivity contribution >= 4 is 6.03 Å². The largest absolute Gasteiger partial charge is 0.338 e. The van der Waals surface area contributed by atoms with Gasteiger partial charge >= 0.3 is 6.03 Å². The molecule has 3 nitrogen and oxygen atoms in total. The second-order valence-corrected chi connectivity index (χ2v) is 4.21. The highest BCUT2D eigenvalue weighted by Gasteiger charge is 2.22. The van der Waals surface area contributed by atoms with Crippen LogP contribution in [-0.2, 0) is 0 Å². The number of hydrogen-bond donors (Lipinski definition) is 2. The van der Waals surface area contributed by atoms with E-state index in [0.29, 0.717) is 6.04 Å². The smallest absolute Gasteiger partial charge is 0.315 e. The summed E-state index contributed by atoms with van der Waals surface area (Å²) in [4.78, 5) is 11.1. The molecule has 0 aromatic heterocycles. The van der Waals surface area contributed by atoms with E-state index >= 15 is 0 Å². The van der Waals surface area contributed by atoms with E-state index in [9.17, 15) is 4.79 Å². The summed E-state index contributed by atoms with van der Waals surface area (Å²) in [6.45, 7) is 5.20. The van der Waals surface area contributed by atoms with Crippen molar-refractivity contribution in [1.82, 2.24) is 10.6 Å². The van der Waals surface area contributed by atoms with E-state index in [1.54, 1.807) is 0 Å². The molecule has 0 atom stereocenters. The Kier molecular flexibility index (Phi) is 4.06. The second kappa shape index (κ2) is 5.10. The standard InChI is InChI=1S/C10H20N2O/c1-8(2)4-3-7-11-10(13)12-9-5-6-9/h8-9H,3-7H2,1-2H3,(H2,11,12,13). The number of nitrogens with one attached hydrogen (secondary N) is 2. The molecule has 0 heterocycles. The number of carbonyl (C=O) groups excluding carboxylic acids is 1. The predicted octanol–water partition coefficient (Wildman–Crippen LogP) is 1.88. The Hall–Kier alpha value is -0.730. The topological polar surface area (TPSA) is 41.1 Å². The Labute approximate surface area is 80.3 Å². The van der Waals surface area contributed by atoms with E-state index in [4.69, 9.17) is 0 Å². The summed E-state index contributed by atoms with van der Waals surface area (Å²) in [6, 6.07) is 0.469. The molecule has 3 heteroatoms. The third-order valence-electron chi connectivity index (χ3n) is 2.16. The first-order chi connectivity index (χ1) is 6.18. The Morgan fingerprint density at radius 1 is 1.46 bits per heavy atom. The summed E-state index contributed by atoms with van der Waals surface area (Å²) in [6.07, 6.45) is 4.57. The zero-order valence-electron chi connectivity index (χ0n) is 8.60. The zero-order chi connectivity index (χ0) is 9.68. The van der Waals surface area contributed by atoms with Crippen molar-refractivity contribution < 1.29 is 4.79 Å². The van der Waals surface area contributed by atoms with Crippen LogP contribution in [0.4, 0.5) is 4.79 Å². The molecule has 0 aromatic rings. The van der Waals surface area contributed by atoms with Crippen LogP contribution in [0.3, 0.4) is 0 Å². The number of rotatable bonds is 5. The average Bonchev–Trinajstić information content (AvgIpc) is 2.81. The van der Waals surface area contributed by atoms with E-state index in [1.807, 2.05) is 0 Å². The lowest BCUT2D eigenvalue weighted by Gasteiger charge is -2.07. The Morgan fingerprint density at radius 2 is 2.15 bits per heavy atom. The van der Waals surface area contributed by atoms with Crippen LogP contribution in [0.2, 0.25) is 0 Å². The molecule has 1 saturated carbocycles. The molecule has 2 N–H and O–H groups in total. The van der Waals surface area contributed by atoms with Gasteiger partial charge in [0.25, 0.3) is 0 Å². The van der Waals surface area contributed by atoms with Crippen molar-refractivity contribution in [2.45, 2.75) is 45.6 Å². The Balaban J connectivity index is 1.89. The molecule has 0 radical (unpaired) electrons. The lowest BCUT2D eigenvalue weighted by atomic mass is 10.1. The van der Waals surface area contributed by atoms with Gasteiger partial charge in [-0.05, 0) is 31.6 Å². The molecule has 0 saturated heterocycles. The van der Waals surface area contributed by atoms with Crippen molar-refractivity contribution in [2.75, 3.05) is 6.54 Å². The van der Waals surface area contributed by atoms with Gasteiger partial charge in [0.2, 0.25) is 0 Å². The quantitative estimate of drug-likeness (QED) is 0.629. The summed E-state index contributed by atoms with van der Waals surface area (Å²) in [5.74, 6) is 0.730. The average molecular weight is 184 g/mol. The molecule has 1 fully saturated rings. The van der Waals surface area contributed by atoms with Crippen molar-refractivity contribution in [3.05, 3.63) is 0 Å². The van der Waals surface area contributed by atoms with E-state index in [2.05, 4.69) is 24.5 Å². The maximum absolute atomic E-state index is 11.1. The van der Waals surface area contributed by atoms with Gasteiger partial charge in [0.15, 0.2) is 0 Å². The minimum atomic E-state index is 0.00579. The highest BCUT2D eigenvalue weighted by Crippen LogP contribution is 2.18. The summed E-state index contributed by atoms with van der Waals surface area (Å²) in [5, 5.41) is 5.75. The van der Waals surface area contributed by atoms with Crippen LogP contribution in [-0.4, -0.2) is 18.6 Å². The van der Waals surface area contributed by atoms with Gasteiger partial charge in [-0.15, -0.1) is 0 Å². The molecular formula is C10H20N2O. The van der Waals surface area contributed by atoms with Crippen LogP contribution in [0.1, 0.15) is 39.5 Å². The summed E-state index contributed by atoms with van der Waals surface area (Å²) < 4.78 is 0. The number of hydrogen-bond acceptors (Lipinski definition) is 1. The molecule has 1 aliphatic rings. The van der Waals surface area contributed by atoms with Crippen LogP contribution in [0.5, 0.6) is 0 Å². The number of carbonyl (C=O) groups is 1. The number of amides is 2. The fraction of sp³-hybridized carbons (Fsp3) is 0.900. The van der Waals surface area contributed by atoms with Gasteiger partial charge in [-0.3, -0.25) is 0 Å². The van der Waals surface area contributed by atoms with Gasteiger partial charge in [-0.2, -0.15) is 0 Å². The summed E-state index contributed by atoms with van der Waals surface area (Å²) in [5.41, 5.74) is 0. The first kappa shape index (κ1) is 10.4. The highest BCUT2D eigenvalue weighted by atomic mass is 16.2. The molecule has 2 amide bonds. The Bertz CT molecular complexity index is 164. The summed E-state index contributed by atoms with van der Waals surface area (Å²) >= 11 is 0. The first-order valence-corrected chi connectivity index (χ1v) is 5.23. The molecule has 1 rings (SSSR count). The molecule has 76 valence electrons. The lowest BCUT2D eigenvalue weighted by molar-refractivity contribution is 0.240. The van der Waals surface area contributed by atoms with Crippen LogP contribution in [0.15, 0.2) is 0 Å². The minimum absolute atomic E-state index is 0.00579. The van der Waals surface area contributed by atoms with Gasteiger partial charge in [0, 0.05) is 12.6 Å². The van der Waals surface area contributed by atoms with Crippen molar-refractivity contribution in [1.29, 1.82) is 0 Å². The molecule has 0 aliphatic heterocycles. The van der Waals surface area contributed by atoms with Gasteiger partial charge in [-0.1, -0.05) is 13.8 Å². The van der Waals surface area contributed by atoms with Crippen molar-refractivity contribution in [3.8, 4) is 0 Å². The highest BCUT2D eigenvalue weighted by molar-refractivity contribution is 5.74. The van der Waals surface area contributed by atoms with Crippen LogP contribution in [0.25, 0.3) is 0 Å². The third-order valence-corrected chi connectivity index (χ3v) is 2.16. The molecule has 0 bridgehead atoms. The van der Waals surface area contributed by atoms with Gasteiger partial charge < -0.3 is 10.6 Å². The van der Waals surface area contributed by atoms with E-state index in [1.165, 1.54) is 6.42 Å². The fourth-order valence-corrected chi connectivity index (χ4v) is 1.18. The fourth-order valence-electron chi connectivity index (χ4n) is 1.18. The maximum Gasteiger partial charge on any atom is 0.315 e. The van der Waals surface area contributed by atoms with Gasteiger partial charge in [0.1, 0.15) is 0 Å². The molecule has 0 aromatic carbocycles. The maximum atomic E-state index is 11.1. The normalized spacial score (nSPS) is 15.9. The second-order valence-electron chi connectivity index (χ2n) is 4.21. The van der Waals surface area contributed by atoms with Crippen LogP contribution < -0.4 is 10.6 Å². The predicted molar refractivity (Wildman–Crippen MR) is 53.6 cm³/mol. The third kappa shape index (κ3) is 5.50. The van der Waals surface area contributed by atoms with E-state index in [0.717, 1.165) is 31.7 Å². The number of urea groups is 1. The molecule has 13 heavy (non-hydrogen) atoms. The zero-order valence-corrected chi connectivity index (χ0v) is 8.60. The van der Waals surface area contributed by atoms with Crippen LogP contribution in [0, 0.1) is 5.92 Å². The monoisotopic (exact) mass is 184 g/mol. The Morgan fingerprint density at radius 3 is 2.69 bits per heavy atom. The van der Waals surface area contributed by atoms with E-state index in [-0.39, 0.29) is 6.03 Å². The van der Waals surface area contributed by atoms with Gasteiger partial charge in [0.05, 0.1) is 0 Å². The van der Waals surface area contributed by atoms with Crippen LogP contribution >= 0.6 is 0 Å². The van der Waals surface area contributed by atoms with Gasteiger partial charge in [-0.25, -0.2) is 4.79 Å². The minimum Gasteiger partial charge on any atom is -0.338 e. The molecular weight excluding hydrogens is 164 g/mol. The first-order valence-electron chi connectivity index (χ1n) is 5.23. The van der Waals surface area contributed by atoms with Crippen molar-refractivity contribution in [2.24, 2.45) is 5.92 Å². The SMILES string of the molecule is CC(C)CCCNC(=O)NC1CC1. The van der Waals surface area contributed by atoms with Crippen molar-refractivity contribution in [3.63, 3.8) is 0 Å².